The third-order valence-electron chi connectivity index (χ3n) is 12.1. The summed E-state index contributed by atoms with van der Waals surface area (Å²) in [6.45, 7) is 6.38. The van der Waals surface area contributed by atoms with Gasteiger partial charge in [0.05, 0.1) is 47.8 Å². The minimum Gasteiger partial charge on any atom is -0.454 e. The molecule has 1 saturated heterocycles. The molecular weight excluding hydrogens is 782 g/mol. The van der Waals surface area contributed by atoms with Gasteiger partial charge in [-0.05, 0) is 85.2 Å². The van der Waals surface area contributed by atoms with E-state index in [-0.39, 0.29) is 42.3 Å². The molecule has 300 valence electrons. The zero-order chi connectivity index (χ0) is 41.1. The van der Waals surface area contributed by atoms with Crippen LogP contribution in [0, 0.1) is 5.92 Å². The molecule has 1 fully saturated rings. The molecule has 59 heavy (non-hydrogen) atoms. The van der Waals surface area contributed by atoms with E-state index in [0.29, 0.717) is 63.4 Å². The first-order chi connectivity index (χ1) is 28.5. The Morgan fingerprint density at radius 1 is 0.881 bits per heavy atom. The first-order valence-electron chi connectivity index (χ1n) is 19.8. The highest BCUT2D eigenvalue weighted by Crippen LogP contribution is 2.60. The highest BCUT2D eigenvalue weighted by atomic mass is 35.5. The number of para-hydroxylation sites is 3. The normalized spacial score (nSPS) is 21.6. The molecule has 6 aromatic rings. The Labute approximate surface area is 348 Å². The summed E-state index contributed by atoms with van der Waals surface area (Å²) in [7, 11) is -2.93. The number of ether oxygens (including phenoxy) is 2. The minimum absolute atomic E-state index is 0.108. The second-order valence-electron chi connectivity index (χ2n) is 16.1. The lowest BCUT2D eigenvalue weighted by Crippen LogP contribution is -2.46. The summed E-state index contributed by atoms with van der Waals surface area (Å²) in [5.41, 5.74) is 3.91. The van der Waals surface area contributed by atoms with Gasteiger partial charge in [-0.15, -0.1) is 5.10 Å². The van der Waals surface area contributed by atoms with Crippen LogP contribution in [0.5, 0.6) is 11.5 Å². The second-order valence-corrected chi connectivity index (χ2v) is 20.5. The average Bonchev–Trinajstić information content (AvgIpc) is 3.86. The summed E-state index contributed by atoms with van der Waals surface area (Å²) in [5.74, 6) is -0.0465. The van der Waals surface area contributed by atoms with E-state index in [2.05, 4.69) is 10.3 Å². The maximum atomic E-state index is 15.1. The summed E-state index contributed by atoms with van der Waals surface area (Å²) in [6, 6.07) is 37.5. The molecule has 1 aromatic heterocycles. The highest BCUT2D eigenvalue weighted by molar-refractivity contribution is 6.71. The summed E-state index contributed by atoms with van der Waals surface area (Å²) in [5, 5.41) is 19.5. The minimum atomic E-state index is -2.93. The Morgan fingerprint density at radius 3 is 2.34 bits per heavy atom. The number of amides is 2. The fourth-order valence-electron chi connectivity index (χ4n) is 9.37. The third-order valence-corrected chi connectivity index (χ3v) is 14.8. The summed E-state index contributed by atoms with van der Waals surface area (Å²) < 4.78 is 15.0. The average molecular weight is 826 g/mol. The van der Waals surface area contributed by atoms with E-state index >= 15 is 4.79 Å². The van der Waals surface area contributed by atoms with Crippen LogP contribution in [0.1, 0.15) is 52.0 Å². The summed E-state index contributed by atoms with van der Waals surface area (Å²) >= 11 is 6.65. The van der Waals surface area contributed by atoms with Gasteiger partial charge in [-0.25, -0.2) is 0 Å². The first kappa shape index (κ1) is 38.9. The van der Waals surface area contributed by atoms with Crippen LogP contribution in [0.3, 0.4) is 0 Å². The maximum absolute atomic E-state index is 15.1. The van der Waals surface area contributed by atoms with E-state index in [0.717, 1.165) is 11.1 Å². The van der Waals surface area contributed by atoms with Crippen molar-refractivity contribution >= 4 is 48.8 Å². The molecule has 3 aliphatic heterocycles. The molecule has 0 aliphatic carbocycles. The number of hydrogen-bond donors (Lipinski definition) is 2. The van der Waals surface area contributed by atoms with Crippen LogP contribution in [0.2, 0.25) is 23.7 Å². The molecule has 5 aromatic carbocycles. The van der Waals surface area contributed by atoms with Crippen LogP contribution in [-0.4, -0.2) is 57.7 Å². The van der Waals surface area contributed by atoms with Crippen molar-refractivity contribution in [1.29, 1.82) is 0 Å². The molecule has 9 rings (SSSR count). The fourth-order valence-corrected chi connectivity index (χ4v) is 12.1. The van der Waals surface area contributed by atoms with Crippen molar-refractivity contribution in [3.8, 4) is 11.5 Å². The number of carbonyl (C=O) groups excluding carboxylic acids is 2. The maximum Gasteiger partial charge on any atom is 0.266 e. The largest absolute Gasteiger partial charge is 0.454 e. The van der Waals surface area contributed by atoms with Gasteiger partial charge in [0.1, 0.15) is 5.75 Å². The van der Waals surface area contributed by atoms with Crippen LogP contribution in [-0.2, 0) is 28.2 Å². The number of benzene rings is 5. The van der Waals surface area contributed by atoms with E-state index < -0.39 is 20.0 Å². The lowest BCUT2D eigenvalue weighted by Gasteiger charge is -2.32. The fraction of sp³-hybridized carbons (Fsp3) is 0.261. The molecule has 1 unspecified atom stereocenters. The van der Waals surface area contributed by atoms with Crippen LogP contribution < -0.4 is 14.5 Å². The number of fused-ring (bicyclic) bond motifs is 4. The van der Waals surface area contributed by atoms with Crippen LogP contribution in [0.25, 0.3) is 0 Å². The van der Waals surface area contributed by atoms with Gasteiger partial charge < -0.3 is 24.3 Å². The van der Waals surface area contributed by atoms with E-state index in [4.69, 9.17) is 21.1 Å². The zero-order valence-corrected chi connectivity index (χ0v) is 34.7. The molecule has 0 bridgehead atoms. The van der Waals surface area contributed by atoms with Crippen molar-refractivity contribution in [2.24, 2.45) is 5.92 Å². The Morgan fingerprint density at radius 2 is 1.59 bits per heavy atom. The molecule has 0 saturated carbocycles. The Balaban J connectivity index is 0.993. The molecule has 3 aliphatic rings. The molecular formula is C46H44ClN5O6Si. The standard InChI is InChI=1S/C46H44ClN5O6Si/c1-29-43(59(2,3)56)42(23-24-50-27-37(48-49-50)35(28-53)31-11-5-4-6-12-31)58-46(29)36-25-32(47)19-22-38(36)51(45(46)55)26-30-17-20-33(21-18-30)52-39-14-8-10-16-41(39)57-40-15-9-7-13-34(40)44(52)54/h4-22,25,27,29,35,42-43,53,56H,23-24,26,28H2,1-3H3/t29-,35?,42+,43-,46+/m1/s1. The van der Waals surface area contributed by atoms with Crippen molar-refractivity contribution in [3.05, 3.63) is 160 Å². The van der Waals surface area contributed by atoms with Crippen molar-refractivity contribution in [2.45, 2.75) is 62.7 Å². The molecule has 4 heterocycles. The zero-order valence-electron chi connectivity index (χ0n) is 32.9. The summed E-state index contributed by atoms with van der Waals surface area (Å²) in [4.78, 5) is 44.3. The smallest absolute Gasteiger partial charge is 0.266 e. The molecule has 11 nitrogen and oxygen atoms in total. The van der Waals surface area contributed by atoms with E-state index in [9.17, 15) is 14.7 Å². The molecule has 1 spiro atoms. The lowest BCUT2D eigenvalue weighted by molar-refractivity contribution is -0.146. The van der Waals surface area contributed by atoms with E-state index in [1.807, 2.05) is 129 Å². The molecule has 2 amide bonds. The monoisotopic (exact) mass is 825 g/mol. The van der Waals surface area contributed by atoms with Crippen molar-refractivity contribution in [3.63, 3.8) is 0 Å². The summed E-state index contributed by atoms with van der Waals surface area (Å²) in [6.07, 6.45) is 1.85. The van der Waals surface area contributed by atoms with Crippen molar-refractivity contribution < 1.29 is 29.0 Å². The number of aliphatic hydroxyl groups excluding tert-OH is 1. The molecule has 0 radical (unpaired) electrons. The van der Waals surface area contributed by atoms with Gasteiger partial charge in [-0.3, -0.25) is 19.2 Å². The topological polar surface area (TPSA) is 130 Å². The predicted octanol–water partition coefficient (Wildman–Crippen LogP) is 8.57. The van der Waals surface area contributed by atoms with E-state index in [1.54, 1.807) is 32.7 Å². The third kappa shape index (κ3) is 6.74. The quantitative estimate of drug-likeness (QED) is 0.132. The Bertz CT molecular complexity index is 2550. The van der Waals surface area contributed by atoms with Gasteiger partial charge in [0.2, 0.25) is 0 Å². The van der Waals surface area contributed by atoms with Crippen LogP contribution in [0.4, 0.5) is 17.1 Å². The number of hydrogen-bond acceptors (Lipinski definition) is 8. The van der Waals surface area contributed by atoms with Gasteiger partial charge in [0, 0.05) is 40.5 Å². The van der Waals surface area contributed by atoms with Crippen molar-refractivity contribution in [2.75, 3.05) is 16.4 Å². The van der Waals surface area contributed by atoms with Gasteiger partial charge >= 0.3 is 0 Å². The molecule has 2 N–H and O–H groups in total. The molecule has 5 atom stereocenters. The molecule has 13 heteroatoms. The number of aryl methyl sites for hydroxylation is 1. The number of aliphatic hydroxyl groups is 1. The number of halogens is 1. The van der Waals surface area contributed by atoms with E-state index in [1.165, 1.54) is 0 Å². The highest BCUT2D eigenvalue weighted by Gasteiger charge is 2.66. The number of nitrogens with zero attached hydrogens (tertiary/aromatic N) is 5. The van der Waals surface area contributed by atoms with Gasteiger partial charge in [0.25, 0.3) is 11.8 Å². The number of anilines is 3. The van der Waals surface area contributed by atoms with Crippen LogP contribution >= 0.6 is 11.6 Å². The Hall–Kier alpha value is -5.63. The number of aromatic nitrogens is 3. The first-order valence-corrected chi connectivity index (χ1v) is 23.3. The van der Waals surface area contributed by atoms with Crippen molar-refractivity contribution in [1.82, 2.24) is 15.0 Å². The Kier molecular flexibility index (Phi) is 10.0. The van der Waals surface area contributed by atoms with Gasteiger partial charge in [-0.1, -0.05) is 90.5 Å². The predicted molar refractivity (Wildman–Crippen MR) is 228 cm³/mol. The number of carbonyl (C=O) groups is 2. The second kappa shape index (κ2) is 15.2. The van der Waals surface area contributed by atoms with Crippen LogP contribution in [0.15, 0.2) is 128 Å². The SMILES string of the molecule is C[C@@H]1[C@@H]([Si](C)(C)O)[C@H](CCn2cc(C(CO)c3ccccc3)nn2)O[C@@]12C(=O)N(Cc1ccc(N3C(=O)c4ccccc4Oc4ccccc43)cc1)c1ccc(Cl)cc12. The number of rotatable bonds is 10. The van der Waals surface area contributed by atoms with Gasteiger partial charge in [-0.2, -0.15) is 0 Å². The van der Waals surface area contributed by atoms with Gasteiger partial charge in [0.15, 0.2) is 19.7 Å². The lowest BCUT2D eigenvalue weighted by atomic mass is 9.82.